The molecule has 0 bridgehead atoms. The van der Waals surface area contributed by atoms with Crippen LogP contribution in [0.15, 0.2) is 83.4 Å². The van der Waals surface area contributed by atoms with Crippen LogP contribution in [0.25, 0.3) is 16.3 Å². The molecule has 0 unspecified atom stereocenters. The van der Waals surface area contributed by atoms with E-state index >= 15 is 0 Å². The summed E-state index contributed by atoms with van der Waals surface area (Å²) in [7, 11) is 0. The maximum atomic E-state index is 13.7. The van der Waals surface area contributed by atoms with Crippen LogP contribution in [0.4, 0.5) is 4.39 Å². The second kappa shape index (κ2) is 7.98. The highest BCUT2D eigenvalue weighted by atomic mass is 32.1. The Hall–Kier alpha value is -3.58. The van der Waals surface area contributed by atoms with Crippen molar-refractivity contribution >= 4 is 23.5 Å². The van der Waals surface area contributed by atoms with E-state index in [0.717, 1.165) is 21.8 Å². The fraction of sp³-hybridized carbons (Fsp3) is 0. The summed E-state index contributed by atoms with van der Waals surface area (Å²) in [5.74, 6) is -1.20. The van der Waals surface area contributed by atoms with Crippen LogP contribution in [0.3, 0.4) is 0 Å². The van der Waals surface area contributed by atoms with Crippen LogP contribution in [0.2, 0.25) is 0 Å². The molecule has 0 radical (unpaired) electrons. The van der Waals surface area contributed by atoms with E-state index in [1.165, 1.54) is 24.4 Å². The van der Waals surface area contributed by atoms with Gasteiger partial charge in [0, 0.05) is 11.8 Å². The number of nitrogens with one attached hydrogen (secondary N) is 1. The standard InChI is InChI=1S/C21H15FN4OS/c22-18-10-5-4-9-17(18)21(27)24-23-13-15-14-26(16-7-2-1-3-8-16)25-20(15)19-11-6-12-28-19/h1-14H,(H,24,27)/b23-13+. The van der Waals surface area contributed by atoms with Crippen molar-refractivity contribution in [2.45, 2.75) is 0 Å². The first-order valence-corrected chi connectivity index (χ1v) is 9.37. The monoisotopic (exact) mass is 390 g/mol. The molecular formula is C21H15FN4OS. The quantitative estimate of drug-likeness (QED) is 0.403. The Morgan fingerprint density at radius 3 is 2.61 bits per heavy atom. The number of nitrogens with zero attached hydrogens (tertiary/aromatic N) is 3. The maximum absolute atomic E-state index is 13.7. The number of carbonyl (C=O) groups is 1. The van der Waals surface area contributed by atoms with Gasteiger partial charge >= 0.3 is 0 Å². The lowest BCUT2D eigenvalue weighted by atomic mass is 10.2. The smallest absolute Gasteiger partial charge is 0.267 e. The number of thiophene rings is 1. The number of rotatable bonds is 5. The molecule has 5 nitrogen and oxygen atoms in total. The van der Waals surface area contributed by atoms with Gasteiger partial charge in [0.2, 0.25) is 0 Å². The number of para-hydroxylation sites is 1. The zero-order valence-electron chi connectivity index (χ0n) is 14.6. The highest BCUT2D eigenvalue weighted by molar-refractivity contribution is 7.13. The Kier molecular flexibility index (Phi) is 5.07. The van der Waals surface area contributed by atoms with Crippen LogP contribution in [0.5, 0.6) is 0 Å². The molecule has 7 heteroatoms. The lowest BCUT2D eigenvalue weighted by molar-refractivity contribution is 0.0951. The Morgan fingerprint density at radius 2 is 1.86 bits per heavy atom. The van der Waals surface area contributed by atoms with Crippen LogP contribution < -0.4 is 5.43 Å². The highest BCUT2D eigenvalue weighted by Crippen LogP contribution is 2.26. The Morgan fingerprint density at radius 1 is 1.07 bits per heavy atom. The number of carbonyl (C=O) groups excluding carboxylic acids is 1. The average Bonchev–Trinajstić information content (AvgIpc) is 3.39. The van der Waals surface area contributed by atoms with Crippen molar-refractivity contribution < 1.29 is 9.18 Å². The normalized spacial score (nSPS) is 11.0. The second-order valence-electron chi connectivity index (χ2n) is 5.87. The minimum Gasteiger partial charge on any atom is -0.267 e. The lowest BCUT2D eigenvalue weighted by Gasteiger charge is -2.00. The van der Waals surface area contributed by atoms with E-state index in [0.29, 0.717) is 0 Å². The van der Waals surface area contributed by atoms with Gasteiger partial charge in [-0.2, -0.15) is 10.2 Å². The van der Waals surface area contributed by atoms with E-state index < -0.39 is 11.7 Å². The fourth-order valence-electron chi connectivity index (χ4n) is 2.67. The van der Waals surface area contributed by atoms with E-state index in [1.54, 1.807) is 22.1 Å². The molecule has 2 heterocycles. The molecule has 4 aromatic rings. The molecule has 1 amide bonds. The summed E-state index contributed by atoms with van der Waals surface area (Å²) in [6.45, 7) is 0. The van der Waals surface area contributed by atoms with E-state index in [4.69, 9.17) is 0 Å². The topological polar surface area (TPSA) is 59.3 Å². The fourth-order valence-corrected chi connectivity index (χ4v) is 3.40. The van der Waals surface area contributed by atoms with E-state index in [2.05, 4.69) is 15.6 Å². The van der Waals surface area contributed by atoms with Crippen molar-refractivity contribution in [3.63, 3.8) is 0 Å². The Labute approximate surface area is 164 Å². The summed E-state index contributed by atoms with van der Waals surface area (Å²) < 4.78 is 15.5. The van der Waals surface area contributed by atoms with Crippen LogP contribution in [-0.2, 0) is 0 Å². The summed E-state index contributed by atoms with van der Waals surface area (Å²) in [5, 5.41) is 10.6. The SMILES string of the molecule is O=C(N/N=C/c1cn(-c2ccccc2)nc1-c1cccs1)c1ccccc1F. The highest BCUT2D eigenvalue weighted by Gasteiger charge is 2.13. The molecule has 0 aliphatic heterocycles. The molecule has 1 N–H and O–H groups in total. The Balaban J connectivity index is 1.61. The predicted octanol–water partition coefficient (Wildman–Crippen LogP) is 4.50. The van der Waals surface area contributed by atoms with E-state index in [1.807, 2.05) is 54.0 Å². The van der Waals surface area contributed by atoms with Crippen molar-refractivity contribution in [3.8, 4) is 16.3 Å². The summed E-state index contributed by atoms with van der Waals surface area (Å²) in [5.41, 5.74) is 4.71. The third kappa shape index (κ3) is 3.74. The first kappa shape index (κ1) is 17.8. The second-order valence-corrected chi connectivity index (χ2v) is 6.82. The van der Waals surface area contributed by atoms with Crippen LogP contribution in [0, 0.1) is 5.82 Å². The van der Waals surface area contributed by atoms with Gasteiger partial charge in [-0.1, -0.05) is 36.4 Å². The van der Waals surface area contributed by atoms with Gasteiger partial charge in [-0.25, -0.2) is 14.5 Å². The first-order chi connectivity index (χ1) is 13.7. The molecule has 0 saturated carbocycles. The zero-order valence-corrected chi connectivity index (χ0v) is 15.4. The molecule has 0 spiro atoms. The minimum atomic E-state index is -0.609. The van der Waals surface area contributed by atoms with Gasteiger partial charge in [-0.05, 0) is 35.7 Å². The Bertz CT molecular complexity index is 1120. The van der Waals surface area contributed by atoms with Gasteiger partial charge in [-0.15, -0.1) is 11.3 Å². The number of amides is 1. The molecular weight excluding hydrogens is 375 g/mol. The van der Waals surface area contributed by atoms with Gasteiger partial charge in [0.25, 0.3) is 5.91 Å². The molecule has 4 rings (SSSR count). The van der Waals surface area contributed by atoms with Gasteiger partial charge < -0.3 is 0 Å². The molecule has 0 saturated heterocycles. The lowest BCUT2D eigenvalue weighted by Crippen LogP contribution is -2.18. The van der Waals surface area contributed by atoms with Gasteiger partial charge in [0.15, 0.2) is 0 Å². The molecule has 0 aliphatic rings. The molecule has 2 aromatic carbocycles. The van der Waals surface area contributed by atoms with Crippen molar-refractivity contribution in [1.82, 2.24) is 15.2 Å². The molecule has 138 valence electrons. The first-order valence-electron chi connectivity index (χ1n) is 8.49. The number of hydrogen-bond donors (Lipinski definition) is 1. The van der Waals surface area contributed by atoms with Gasteiger partial charge in [-0.3, -0.25) is 4.79 Å². The van der Waals surface area contributed by atoms with Crippen LogP contribution in [-0.4, -0.2) is 21.9 Å². The summed E-state index contributed by atoms with van der Waals surface area (Å²) >= 11 is 1.56. The van der Waals surface area contributed by atoms with Crippen molar-refractivity contribution in [1.29, 1.82) is 0 Å². The molecule has 0 fully saturated rings. The third-order valence-electron chi connectivity index (χ3n) is 4.01. The van der Waals surface area contributed by atoms with E-state index in [-0.39, 0.29) is 5.56 Å². The van der Waals surface area contributed by atoms with Gasteiger partial charge in [0.1, 0.15) is 11.5 Å². The largest absolute Gasteiger partial charge is 0.274 e. The van der Waals surface area contributed by atoms with Gasteiger partial charge in [0.05, 0.1) is 22.3 Å². The van der Waals surface area contributed by atoms with Crippen LogP contribution in [0.1, 0.15) is 15.9 Å². The summed E-state index contributed by atoms with van der Waals surface area (Å²) in [6, 6.07) is 19.4. The van der Waals surface area contributed by atoms with Crippen molar-refractivity contribution in [2.24, 2.45) is 5.10 Å². The molecule has 28 heavy (non-hydrogen) atoms. The summed E-state index contributed by atoms with van der Waals surface area (Å²) in [4.78, 5) is 13.1. The summed E-state index contributed by atoms with van der Waals surface area (Å²) in [6.07, 6.45) is 3.35. The third-order valence-corrected chi connectivity index (χ3v) is 4.88. The van der Waals surface area contributed by atoms with Crippen molar-refractivity contribution in [2.75, 3.05) is 0 Å². The minimum absolute atomic E-state index is 0.0573. The number of halogens is 1. The van der Waals surface area contributed by atoms with Crippen molar-refractivity contribution in [3.05, 3.63) is 95.3 Å². The number of hydrogen-bond acceptors (Lipinski definition) is 4. The maximum Gasteiger partial charge on any atom is 0.274 e. The number of aromatic nitrogens is 2. The number of benzene rings is 2. The zero-order chi connectivity index (χ0) is 19.3. The number of hydrazone groups is 1. The van der Waals surface area contributed by atoms with E-state index in [9.17, 15) is 9.18 Å². The predicted molar refractivity (Wildman–Crippen MR) is 108 cm³/mol. The molecule has 0 aliphatic carbocycles. The molecule has 2 aromatic heterocycles. The molecule has 0 atom stereocenters. The van der Waals surface area contributed by atoms with Crippen LogP contribution >= 0.6 is 11.3 Å². The average molecular weight is 390 g/mol.